The van der Waals surface area contributed by atoms with Crippen LogP contribution >= 0.6 is 11.6 Å². The summed E-state index contributed by atoms with van der Waals surface area (Å²) in [6.07, 6.45) is 4.75. The van der Waals surface area contributed by atoms with E-state index in [1.54, 1.807) is 24.3 Å². The number of piperidine rings is 1. The fourth-order valence-corrected chi connectivity index (χ4v) is 4.59. The van der Waals surface area contributed by atoms with Gasteiger partial charge < -0.3 is 10.6 Å². The maximum absolute atomic E-state index is 12.3. The summed E-state index contributed by atoms with van der Waals surface area (Å²) in [6.45, 7) is 2.14. The van der Waals surface area contributed by atoms with E-state index in [9.17, 15) is 14.4 Å². The zero-order valence-electron chi connectivity index (χ0n) is 15.7. The van der Waals surface area contributed by atoms with Gasteiger partial charge in [-0.05, 0) is 55.4 Å². The molecule has 4 unspecified atom stereocenters. The van der Waals surface area contributed by atoms with Gasteiger partial charge in [-0.3, -0.25) is 14.4 Å². The van der Waals surface area contributed by atoms with E-state index in [1.165, 1.54) is 0 Å². The molecule has 0 bridgehead atoms. The monoisotopic (exact) mass is 390 g/mol. The number of fused-ring (bicyclic) bond motifs is 1. The summed E-state index contributed by atoms with van der Waals surface area (Å²) < 4.78 is 0. The molecule has 146 valence electrons. The molecule has 2 N–H and O–H groups in total. The van der Waals surface area contributed by atoms with Crippen LogP contribution in [-0.2, 0) is 9.59 Å². The smallest absolute Gasteiger partial charge is 0.220 e. The summed E-state index contributed by atoms with van der Waals surface area (Å²) in [5, 5.41) is 6.74. The molecule has 1 saturated carbocycles. The quantitative estimate of drug-likeness (QED) is 0.730. The molecular formula is C21H27ClN2O3. The average molecular weight is 391 g/mol. The van der Waals surface area contributed by atoms with Gasteiger partial charge >= 0.3 is 0 Å². The van der Waals surface area contributed by atoms with Crippen molar-refractivity contribution in [1.29, 1.82) is 0 Å². The molecule has 1 aromatic rings. The highest BCUT2D eigenvalue weighted by Crippen LogP contribution is 2.36. The fourth-order valence-electron chi connectivity index (χ4n) is 4.46. The lowest BCUT2D eigenvalue weighted by atomic mass is 9.70. The summed E-state index contributed by atoms with van der Waals surface area (Å²) in [7, 11) is 0. The molecule has 5 nitrogen and oxygen atoms in total. The molecule has 2 fully saturated rings. The predicted molar refractivity (Wildman–Crippen MR) is 105 cm³/mol. The number of ketones is 1. The van der Waals surface area contributed by atoms with Crippen LogP contribution in [0.25, 0.3) is 0 Å². The number of hydrogen-bond donors (Lipinski definition) is 2. The highest BCUT2D eigenvalue weighted by Gasteiger charge is 2.40. The molecule has 27 heavy (non-hydrogen) atoms. The second-order valence-electron chi connectivity index (χ2n) is 7.72. The van der Waals surface area contributed by atoms with Crippen molar-refractivity contribution in [3.63, 3.8) is 0 Å². The number of nitrogens with one attached hydrogen (secondary N) is 2. The molecule has 1 aliphatic carbocycles. The van der Waals surface area contributed by atoms with Gasteiger partial charge in [-0.2, -0.15) is 0 Å². The number of hydrogen-bond acceptors (Lipinski definition) is 3. The Hall–Kier alpha value is -1.88. The standard InChI is InChI=1S/C21H27ClN2O3/c1-2-13-11-21(27)24-18-12-16(7-8-17(13)18)23-20(26)10-9-19(25)14-3-5-15(22)6-4-14/h3-6,13,16-18H,2,7-12H2,1H3,(H,23,26)(H,24,27). The van der Waals surface area contributed by atoms with Crippen LogP contribution in [0.1, 0.15) is 62.2 Å². The lowest BCUT2D eigenvalue weighted by molar-refractivity contribution is -0.127. The molecule has 1 aromatic carbocycles. The predicted octanol–water partition coefficient (Wildman–Crippen LogP) is 3.50. The molecule has 1 saturated heterocycles. The third-order valence-corrected chi connectivity index (χ3v) is 6.19. The lowest BCUT2D eigenvalue weighted by Crippen LogP contribution is -2.55. The number of carbonyl (C=O) groups excluding carboxylic acids is 3. The Morgan fingerprint density at radius 2 is 1.93 bits per heavy atom. The van der Waals surface area contributed by atoms with Gasteiger partial charge in [0.2, 0.25) is 11.8 Å². The first-order chi connectivity index (χ1) is 13.0. The summed E-state index contributed by atoms with van der Waals surface area (Å²) in [5.41, 5.74) is 0.572. The van der Waals surface area contributed by atoms with Crippen LogP contribution in [0.4, 0.5) is 0 Å². The Morgan fingerprint density at radius 3 is 2.63 bits per heavy atom. The maximum atomic E-state index is 12.3. The molecule has 1 aliphatic heterocycles. The van der Waals surface area contributed by atoms with Gasteiger partial charge in [-0.25, -0.2) is 0 Å². The van der Waals surface area contributed by atoms with E-state index in [4.69, 9.17) is 11.6 Å². The third-order valence-electron chi connectivity index (χ3n) is 5.94. The largest absolute Gasteiger partial charge is 0.353 e. The van der Waals surface area contributed by atoms with Crippen molar-refractivity contribution in [2.75, 3.05) is 0 Å². The Kier molecular flexibility index (Phi) is 6.53. The van der Waals surface area contributed by atoms with Gasteiger partial charge in [0.05, 0.1) is 0 Å². The number of Topliss-reactive ketones (excluding diaryl/α,β-unsaturated/α-hetero) is 1. The minimum absolute atomic E-state index is 0.0594. The van der Waals surface area contributed by atoms with Crippen molar-refractivity contribution in [2.24, 2.45) is 11.8 Å². The molecular weight excluding hydrogens is 364 g/mol. The summed E-state index contributed by atoms with van der Waals surface area (Å²) in [6, 6.07) is 6.94. The van der Waals surface area contributed by atoms with Gasteiger partial charge in [-0.15, -0.1) is 0 Å². The minimum Gasteiger partial charge on any atom is -0.353 e. The van der Waals surface area contributed by atoms with Crippen LogP contribution in [0.5, 0.6) is 0 Å². The molecule has 6 heteroatoms. The van der Waals surface area contributed by atoms with E-state index in [0.29, 0.717) is 28.8 Å². The van der Waals surface area contributed by atoms with E-state index in [0.717, 1.165) is 25.7 Å². The van der Waals surface area contributed by atoms with Crippen molar-refractivity contribution in [1.82, 2.24) is 10.6 Å². The van der Waals surface area contributed by atoms with E-state index in [-0.39, 0.29) is 42.5 Å². The zero-order valence-corrected chi connectivity index (χ0v) is 16.4. The molecule has 2 aliphatic rings. The number of amides is 2. The van der Waals surface area contributed by atoms with E-state index in [2.05, 4.69) is 17.6 Å². The van der Waals surface area contributed by atoms with Crippen molar-refractivity contribution < 1.29 is 14.4 Å². The zero-order chi connectivity index (χ0) is 19.4. The SMILES string of the molecule is CCC1CC(=O)NC2CC(NC(=O)CCC(=O)c3ccc(Cl)cc3)CCC12. The highest BCUT2D eigenvalue weighted by atomic mass is 35.5. The molecule has 4 atom stereocenters. The van der Waals surface area contributed by atoms with Crippen molar-refractivity contribution in [3.8, 4) is 0 Å². The summed E-state index contributed by atoms with van der Waals surface area (Å²) in [4.78, 5) is 36.4. The Labute approximate surface area is 165 Å². The normalized spacial score (nSPS) is 27.4. The van der Waals surface area contributed by atoms with Crippen LogP contribution in [0.15, 0.2) is 24.3 Å². The average Bonchev–Trinajstić information content (AvgIpc) is 2.65. The van der Waals surface area contributed by atoms with E-state index >= 15 is 0 Å². The van der Waals surface area contributed by atoms with Gasteiger partial charge in [-0.1, -0.05) is 24.9 Å². The minimum atomic E-state index is -0.102. The van der Waals surface area contributed by atoms with E-state index in [1.807, 2.05) is 0 Å². The van der Waals surface area contributed by atoms with Crippen LogP contribution in [0, 0.1) is 11.8 Å². The number of carbonyl (C=O) groups is 3. The van der Waals surface area contributed by atoms with Crippen LogP contribution in [0.3, 0.4) is 0 Å². The van der Waals surface area contributed by atoms with Gasteiger partial charge in [0.25, 0.3) is 0 Å². The van der Waals surface area contributed by atoms with Crippen molar-refractivity contribution >= 4 is 29.2 Å². The summed E-state index contributed by atoms with van der Waals surface area (Å²) in [5.74, 6) is 0.944. The Balaban J connectivity index is 1.46. The second-order valence-corrected chi connectivity index (χ2v) is 8.15. The lowest BCUT2D eigenvalue weighted by Gasteiger charge is -2.44. The van der Waals surface area contributed by atoms with Crippen molar-refractivity contribution in [3.05, 3.63) is 34.9 Å². The first-order valence-corrected chi connectivity index (χ1v) is 10.2. The molecule has 0 spiro atoms. The number of halogens is 1. The molecule has 3 rings (SSSR count). The second kappa shape index (κ2) is 8.87. The number of rotatable bonds is 6. The third kappa shape index (κ3) is 5.10. The molecule has 1 heterocycles. The van der Waals surface area contributed by atoms with Gasteiger partial charge in [0.15, 0.2) is 5.78 Å². The van der Waals surface area contributed by atoms with Gasteiger partial charge in [0.1, 0.15) is 0 Å². The number of benzene rings is 1. The molecule has 0 radical (unpaired) electrons. The first kappa shape index (κ1) is 19.9. The Bertz CT molecular complexity index is 704. The van der Waals surface area contributed by atoms with Gasteiger partial charge in [0, 0.05) is 41.9 Å². The first-order valence-electron chi connectivity index (χ1n) is 9.83. The van der Waals surface area contributed by atoms with Crippen LogP contribution in [-0.4, -0.2) is 29.7 Å². The topological polar surface area (TPSA) is 75.3 Å². The van der Waals surface area contributed by atoms with Crippen LogP contribution in [0.2, 0.25) is 5.02 Å². The highest BCUT2D eigenvalue weighted by molar-refractivity contribution is 6.30. The Morgan fingerprint density at radius 1 is 1.19 bits per heavy atom. The molecule has 2 amide bonds. The van der Waals surface area contributed by atoms with E-state index < -0.39 is 0 Å². The maximum Gasteiger partial charge on any atom is 0.220 e. The van der Waals surface area contributed by atoms with Crippen LogP contribution < -0.4 is 10.6 Å². The van der Waals surface area contributed by atoms with Crippen molar-refractivity contribution in [2.45, 2.75) is 64.0 Å². The fraction of sp³-hybridized carbons (Fsp3) is 0.571. The summed E-state index contributed by atoms with van der Waals surface area (Å²) >= 11 is 5.83. The molecule has 0 aromatic heterocycles.